The Labute approximate surface area is 99.1 Å². The Hall–Kier alpha value is 0.0969. The Morgan fingerprint density at radius 1 is 1.00 bits per heavy atom. The Balaban J connectivity index is 1.93. The van der Waals surface area contributed by atoms with Gasteiger partial charge < -0.3 is 14.6 Å². The fourth-order valence-corrected chi connectivity index (χ4v) is 5.37. The van der Waals surface area contributed by atoms with Gasteiger partial charge in [0.15, 0.2) is 5.79 Å². The van der Waals surface area contributed by atoms with Crippen molar-refractivity contribution in [2.24, 2.45) is 0 Å². The summed E-state index contributed by atoms with van der Waals surface area (Å²) in [4.78, 5) is 0. The van der Waals surface area contributed by atoms with Gasteiger partial charge in [-0.1, -0.05) is 19.6 Å². The highest BCUT2D eigenvalue weighted by atomic mass is 28.3. The van der Waals surface area contributed by atoms with Crippen LogP contribution in [0.1, 0.15) is 25.7 Å². The first kappa shape index (κ1) is 12.6. The average Bonchev–Trinajstić information content (AvgIpc) is 2.58. The van der Waals surface area contributed by atoms with E-state index in [1.807, 2.05) is 0 Å². The Morgan fingerprint density at radius 2 is 1.50 bits per heavy atom. The van der Waals surface area contributed by atoms with E-state index in [4.69, 9.17) is 9.47 Å². The summed E-state index contributed by atoms with van der Waals surface area (Å²) in [6.07, 6.45) is 3.37. The van der Waals surface area contributed by atoms with E-state index in [0.717, 1.165) is 31.7 Å². The van der Waals surface area contributed by atoms with Crippen LogP contribution in [0.5, 0.6) is 0 Å². The van der Waals surface area contributed by atoms with Crippen molar-refractivity contribution in [3.8, 4) is 0 Å². The van der Waals surface area contributed by atoms with E-state index in [2.05, 4.69) is 19.6 Å². The minimum absolute atomic E-state index is 0.342. The lowest BCUT2D eigenvalue weighted by Crippen LogP contribution is -2.46. The third-order valence-electron chi connectivity index (χ3n) is 3.62. The summed E-state index contributed by atoms with van der Waals surface area (Å²) in [5, 5.41) is 10.6. The summed E-state index contributed by atoms with van der Waals surface area (Å²) < 4.78 is 11.4. The van der Waals surface area contributed by atoms with E-state index in [1.165, 1.54) is 0 Å². The zero-order valence-corrected chi connectivity index (χ0v) is 11.7. The van der Waals surface area contributed by atoms with Gasteiger partial charge in [0, 0.05) is 20.9 Å². The fraction of sp³-hybridized carbons (Fsp3) is 1.00. The number of hydrogen-bond acceptors (Lipinski definition) is 3. The second-order valence-corrected chi connectivity index (χ2v) is 12.0. The van der Waals surface area contributed by atoms with Crippen molar-refractivity contribution in [1.82, 2.24) is 0 Å². The molecule has 1 saturated heterocycles. The molecular formula is C12H24O3Si. The summed E-state index contributed by atoms with van der Waals surface area (Å²) in [6, 6.07) is 0.996. The minimum atomic E-state index is -1.20. The van der Waals surface area contributed by atoms with E-state index < -0.39 is 13.7 Å². The normalized spacial score (nSPS) is 28.5. The van der Waals surface area contributed by atoms with E-state index in [-0.39, 0.29) is 5.79 Å². The van der Waals surface area contributed by atoms with Crippen LogP contribution < -0.4 is 0 Å². The van der Waals surface area contributed by atoms with Gasteiger partial charge in [-0.25, -0.2) is 0 Å². The molecule has 0 aromatic rings. The molecule has 2 fully saturated rings. The molecule has 0 aromatic heterocycles. The summed E-state index contributed by atoms with van der Waals surface area (Å²) in [5.41, 5.74) is -0.453. The van der Waals surface area contributed by atoms with E-state index in [0.29, 0.717) is 13.2 Å². The molecule has 0 aromatic carbocycles. The standard InChI is InChI=1S/C12H24O3Si/c1-16(2,3)10-11(13)4-6-12(7-5-11)14-8-9-15-12/h13H,4-10H2,1-3H3. The van der Waals surface area contributed by atoms with Crippen molar-refractivity contribution >= 4 is 8.07 Å². The molecule has 0 amide bonds. The van der Waals surface area contributed by atoms with Gasteiger partial charge in [0.1, 0.15) is 0 Å². The highest BCUT2D eigenvalue weighted by Gasteiger charge is 2.46. The molecular weight excluding hydrogens is 220 g/mol. The summed E-state index contributed by atoms with van der Waals surface area (Å²) in [6.45, 7) is 8.38. The second-order valence-electron chi connectivity index (χ2n) is 6.57. The van der Waals surface area contributed by atoms with Gasteiger partial charge in [0.05, 0.1) is 18.8 Å². The lowest BCUT2D eigenvalue weighted by atomic mass is 9.82. The van der Waals surface area contributed by atoms with Crippen LogP contribution >= 0.6 is 0 Å². The number of rotatable bonds is 2. The second kappa shape index (κ2) is 4.09. The van der Waals surface area contributed by atoms with Crippen LogP contribution in [0.2, 0.25) is 25.7 Å². The molecule has 3 nitrogen and oxygen atoms in total. The van der Waals surface area contributed by atoms with Gasteiger partial charge in [-0.3, -0.25) is 0 Å². The van der Waals surface area contributed by atoms with Gasteiger partial charge in [0.25, 0.3) is 0 Å². The molecule has 0 atom stereocenters. The third-order valence-corrected chi connectivity index (χ3v) is 5.33. The van der Waals surface area contributed by atoms with Crippen LogP contribution in [0.15, 0.2) is 0 Å². The molecule has 16 heavy (non-hydrogen) atoms. The highest BCUT2D eigenvalue weighted by Crippen LogP contribution is 2.43. The average molecular weight is 244 g/mol. The van der Waals surface area contributed by atoms with E-state index in [9.17, 15) is 5.11 Å². The Bertz CT molecular complexity index is 243. The van der Waals surface area contributed by atoms with Gasteiger partial charge in [0.2, 0.25) is 0 Å². The molecule has 0 radical (unpaired) electrons. The van der Waals surface area contributed by atoms with Gasteiger partial charge in [-0.15, -0.1) is 0 Å². The zero-order chi connectivity index (χ0) is 11.9. The van der Waals surface area contributed by atoms with E-state index >= 15 is 0 Å². The van der Waals surface area contributed by atoms with Crippen molar-refractivity contribution in [2.45, 2.75) is 62.8 Å². The topological polar surface area (TPSA) is 38.7 Å². The maximum atomic E-state index is 10.6. The van der Waals surface area contributed by atoms with Crippen molar-refractivity contribution in [3.05, 3.63) is 0 Å². The minimum Gasteiger partial charge on any atom is -0.390 e. The number of hydrogen-bond donors (Lipinski definition) is 1. The molecule has 0 unspecified atom stereocenters. The Morgan fingerprint density at radius 3 is 1.94 bits per heavy atom. The molecule has 4 heteroatoms. The third kappa shape index (κ3) is 2.86. The molecule has 1 N–H and O–H groups in total. The van der Waals surface area contributed by atoms with Crippen LogP contribution in [0.4, 0.5) is 0 Å². The zero-order valence-electron chi connectivity index (χ0n) is 10.7. The monoisotopic (exact) mass is 244 g/mol. The number of aliphatic hydroxyl groups is 1. The van der Waals surface area contributed by atoms with Crippen molar-refractivity contribution in [2.75, 3.05) is 13.2 Å². The SMILES string of the molecule is C[Si](C)(C)CC1(O)CCC2(CC1)OCCO2. The maximum absolute atomic E-state index is 10.6. The van der Waals surface area contributed by atoms with Crippen LogP contribution in [0.3, 0.4) is 0 Å². The summed E-state index contributed by atoms with van der Waals surface area (Å²) >= 11 is 0. The molecule has 1 heterocycles. The molecule has 2 rings (SSSR count). The largest absolute Gasteiger partial charge is 0.390 e. The van der Waals surface area contributed by atoms with Gasteiger partial charge in [-0.2, -0.15) is 0 Å². The number of ether oxygens (including phenoxy) is 2. The molecule has 1 aliphatic heterocycles. The van der Waals surface area contributed by atoms with Gasteiger partial charge >= 0.3 is 0 Å². The molecule has 2 aliphatic rings. The molecule has 0 bridgehead atoms. The first-order chi connectivity index (χ1) is 7.33. The molecule has 94 valence electrons. The van der Waals surface area contributed by atoms with Crippen molar-refractivity contribution < 1.29 is 14.6 Å². The predicted molar refractivity (Wildman–Crippen MR) is 66.2 cm³/mol. The highest BCUT2D eigenvalue weighted by molar-refractivity contribution is 6.76. The molecule has 1 aliphatic carbocycles. The predicted octanol–water partition coefficient (Wildman–Crippen LogP) is 2.37. The molecule has 1 spiro atoms. The van der Waals surface area contributed by atoms with Crippen LogP contribution in [0.25, 0.3) is 0 Å². The summed E-state index contributed by atoms with van der Waals surface area (Å²) in [5.74, 6) is -0.342. The molecule has 1 saturated carbocycles. The Kier molecular flexibility index (Phi) is 3.21. The quantitative estimate of drug-likeness (QED) is 0.758. The lowest BCUT2D eigenvalue weighted by molar-refractivity contribution is -0.200. The summed E-state index contributed by atoms with van der Waals surface area (Å²) in [7, 11) is -1.20. The van der Waals surface area contributed by atoms with Crippen molar-refractivity contribution in [3.63, 3.8) is 0 Å². The first-order valence-electron chi connectivity index (χ1n) is 6.33. The van der Waals surface area contributed by atoms with Crippen LogP contribution in [0, 0.1) is 0 Å². The fourth-order valence-electron chi connectivity index (χ4n) is 3.05. The van der Waals surface area contributed by atoms with E-state index in [1.54, 1.807) is 0 Å². The van der Waals surface area contributed by atoms with Crippen LogP contribution in [-0.4, -0.2) is 37.8 Å². The van der Waals surface area contributed by atoms with Gasteiger partial charge in [-0.05, 0) is 18.9 Å². The lowest BCUT2D eigenvalue weighted by Gasteiger charge is -2.42. The first-order valence-corrected chi connectivity index (χ1v) is 10.0. The van der Waals surface area contributed by atoms with Crippen molar-refractivity contribution in [1.29, 1.82) is 0 Å². The smallest absolute Gasteiger partial charge is 0.168 e. The maximum Gasteiger partial charge on any atom is 0.168 e. The van der Waals surface area contributed by atoms with Crippen LogP contribution in [-0.2, 0) is 9.47 Å².